The SMILES string of the molecule is COc1ccc(NS(=O)(=O)c2cccc(C(=O)Nc3ccc(F)cc3C)c2)cc1. The average Bonchev–Trinajstić information content (AvgIpc) is 2.70. The van der Waals surface area contributed by atoms with Crippen molar-refractivity contribution in [1.82, 2.24) is 0 Å². The van der Waals surface area contributed by atoms with E-state index in [-0.39, 0.29) is 10.5 Å². The lowest BCUT2D eigenvalue weighted by molar-refractivity contribution is 0.102. The molecule has 0 saturated heterocycles. The zero-order valence-corrected chi connectivity index (χ0v) is 16.6. The third kappa shape index (κ3) is 4.91. The molecule has 0 aliphatic heterocycles. The van der Waals surface area contributed by atoms with E-state index >= 15 is 0 Å². The number of amides is 1. The summed E-state index contributed by atoms with van der Waals surface area (Å²) in [4.78, 5) is 12.5. The Morgan fingerprint density at radius 2 is 1.72 bits per heavy atom. The maximum Gasteiger partial charge on any atom is 0.261 e. The van der Waals surface area contributed by atoms with Crippen LogP contribution in [0.2, 0.25) is 0 Å². The minimum Gasteiger partial charge on any atom is -0.497 e. The minimum atomic E-state index is -3.90. The molecule has 6 nitrogen and oxygen atoms in total. The highest BCUT2D eigenvalue weighted by Crippen LogP contribution is 2.21. The third-order valence-corrected chi connectivity index (χ3v) is 5.56. The molecule has 2 N–H and O–H groups in total. The highest BCUT2D eigenvalue weighted by atomic mass is 32.2. The summed E-state index contributed by atoms with van der Waals surface area (Å²) >= 11 is 0. The van der Waals surface area contributed by atoms with Gasteiger partial charge in [-0.25, -0.2) is 12.8 Å². The Bertz CT molecular complexity index is 1150. The molecule has 0 heterocycles. The zero-order chi connectivity index (χ0) is 21.0. The van der Waals surface area contributed by atoms with Gasteiger partial charge in [-0.15, -0.1) is 0 Å². The zero-order valence-electron chi connectivity index (χ0n) is 15.8. The van der Waals surface area contributed by atoms with Gasteiger partial charge in [-0.3, -0.25) is 9.52 Å². The molecular weight excluding hydrogens is 395 g/mol. The van der Waals surface area contributed by atoms with Crippen molar-refractivity contribution in [2.45, 2.75) is 11.8 Å². The van der Waals surface area contributed by atoms with Crippen LogP contribution in [0.3, 0.4) is 0 Å². The van der Waals surface area contributed by atoms with Crippen LogP contribution in [0, 0.1) is 12.7 Å². The van der Waals surface area contributed by atoms with Crippen molar-refractivity contribution >= 4 is 27.3 Å². The number of aryl methyl sites for hydroxylation is 1. The molecule has 0 saturated carbocycles. The van der Waals surface area contributed by atoms with E-state index in [9.17, 15) is 17.6 Å². The summed E-state index contributed by atoms with van der Waals surface area (Å²) in [5, 5.41) is 2.66. The molecule has 0 aliphatic carbocycles. The van der Waals surface area contributed by atoms with Crippen LogP contribution in [0.25, 0.3) is 0 Å². The Balaban J connectivity index is 1.80. The highest BCUT2D eigenvalue weighted by Gasteiger charge is 2.17. The number of anilines is 2. The van der Waals surface area contributed by atoms with E-state index in [1.807, 2.05) is 0 Å². The first-order valence-electron chi connectivity index (χ1n) is 8.63. The van der Waals surface area contributed by atoms with Crippen LogP contribution in [-0.4, -0.2) is 21.4 Å². The minimum absolute atomic E-state index is 0.0585. The monoisotopic (exact) mass is 414 g/mol. The van der Waals surface area contributed by atoms with E-state index in [1.54, 1.807) is 31.2 Å². The topological polar surface area (TPSA) is 84.5 Å². The van der Waals surface area contributed by atoms with Crippen molar-refractivity contribution < 1.29 is 22.3 Å². The lowest BCUT2D eigenvalue weighted by atomic mass is 10.1. The van der Waals surface area contributed by atoms with Gasteiger partial charge in [0, 0.05) is 16.9 Å². The molecule has 0 unspecified atom stereocenters. The lowest BCUT2D eigenvalue weighted by Gasteiger charge is -2.11. The number of nitrogens with one attached hydrogen (secondary N) is 2. The van der Waals surface area contributed by atoms with Gasteiger partial charge < -0.3 is 10.1 Å². The van der Waals surface area contributed by atoms with Crippen LogP contribution < -0.4 is 14.8 Å². The maximum absolute atomic E-state index is 13.2. The first-order valence-corrected chi connectivity index (χ1v) is 10.1. The number of ether oxygens (including phenoxy) is 1. The second-order valence-electron chi connectivity index (χ2n) is 6.28. The fourth-order valence-corrected chi connectivity index (χ4v) is 3.74. The molecule has 0 aliphatic rings. The maximum atomic E-state index is 13.2. The number of carbonyl (C=O) groups is 1. The summed E-state index contributed by atoms with van der Waals surface area (Å²) in [5.41, 5.74) is 1.53. The number of benzene rings is 3. The molecule has 29 heavy (non-hydrogen) atoms. The average molecular weight is 414 g/mol. The van der Waals surface area contributed by atoms with Gasteiger partial charge in [0.25, 0.3) is 15.9 Å². The second kappa shape index (κ2) is 8.32. The summed E-state index contributed by atoms with van der Waals surface area (Å²) in [6, 6.07) is 16.1. The predicted octanol–water partition coefficient (Wildman–Crippen LogP) is 4.20. The number of hydrogen-bond donors (Lipinski definition) is 2. The molecule has 0 aromatic heterocycles. The molecule has 3 rings (SSSR count). The van der Waals surface area contributed by atoms with E-state index in [0.29, 0.717) is 22.7 Å². The number of hydrogen-bond acceptors (Lipinski definition) is 4. The van der Waals surface area contributed by atoms with Crippen LogP contribution >= 0.6 is 0 Å². The lowest BCUT2D eigenvalue weighted by Crippen LogP contribution is -2.16. The van der Waals surface area contributed by atoms with Crippen molar-refractivity contribution in [2.24, 2.45) is 0 Å². The van der Waals surface area contributed by atoms with E-state index in [0.717, 1.165) is 0 Å². The van der Waals surface area contributed by atoms with Gasteiger partial charge in [0.2, 0.25) is 0 Å². The smallest absolute Gasteiger partial charge is 0.261 e. The van der Waals surface area contributed by atoms with Crippen molar-refractivity contribution in [3.8, 4) is 5.75 Å². The Labute approximate surface area is 168 Å². The van der Waals surface area contributed by atoms with Crippen LogP contribution in [0.1, 0.15) is 15.9 Å². The number of methoxy groups -OCH3 is 1. The molecule has 3 aromatic rings. The fourth-order valence-electron chi connectivity index (χ4n) is 2.64. The van der Waals surface area contributed by atoms with E-state index < -0.39 is 21.7 Å². The van der Waals surface area contributed by atoms with Gasteiger partial charge in [0.15, 0.2) is 0 Å². The van der Waals surface area contributed by atoms with Gasteiger partial charge in [0.05, 0.1) is 12.0 Å². The third-order valence-electron chi connectivity index (χ3n) is 4.19. The molecule has 0 fully saturated rings. The largest absolute Gasteiger partial charge is 0.497 e. The van der Waals surface area contributed by atoms with E-state index in [2.05, 4.69) is 10.0 Å². The van der Waals surface area contributed by atoms with Crippen molar-refractivity contribution in [2.75, 3.05) is 17.1 Å². The van der Waals surface area contributed by atoms with Gasteiger partial charge in [-0.1, -0.05) is 6.07 Å². The van der Waals surface area contributed by atoms with Gasteiger partial charge in [0.1, 0.15) is 11.6 Å². The summed E-state index contributed by atoms with van der Waals surface area (Å²) in [5.74, 6) is -0.304. The molecule has 1 amide bonds. The molecule has 150 valence electrons. The van der Waals surface area contributed by atoms with Crippen LogP contribution in [0.5, 0.6) is 5.75 Å². The number of rotatable bonds is 6. The van der Waals surface area contributed by atoms with E-state index in [4.69, 9.17) is 4.74 Å². The van der Waals surface area contributed by atoms with Gasteiger partial charge >= 0.3 is 0 Å². The first-order chi connectivity index (χ1) is 13.8. The predicted molar refractivity (Wildman–Crippen MR) is 109 cm³/mol. The number of halogens is 1. The molecule has 0 radical (unpaired) electrons. The van der Waals surface area contributed by atoms with Crippen molar-refractivity contribution in [3.05, 3.63) is 83.7 Å². The first kappa shape index (κ1) is 20.3. The van der Waals surface area contributed by atoms with Gasteiger partial charge in [-0.2, -0.15) is 0 Å². The molecule has 0 atom stereocenters. The van der Waals surface area contributed by atoms with Crippen LogP contribution in [0.15, 0.2) is 71.6 Å². The molecule has 8 heteroatoms. The van der Waals surface area contributed by atoms with Crippen LogP contribution in [-0.2, 0) is 10.0 Å². The Hall–Kier alpha value is -3.39. The summed E-state index contributed by atoms with van der Waals surface area (Å²) in [7, 11) is -2.38. The summed E-state index contributed by atoms with van der Waals surface area (Å²) < 4.78 is 46.1. The molecule has 0 spiro atoms. The number of sulfonamides is 1. The highest BCUT2D eigenvalue weighted by molar-refractivity contribution is 7.92. The Kier molecular flexibility index (Phi) is 5.84. The second-order valence-corrected chi connectivity index (χ2v) is 7.96. The molecule has 0 bridgehead atoms. The molecular formula is C21H19FN2O4S. The van der Waals surface area contributed by atoms with Gasteiger partial charge in [-0.05, 0) is 73.2 Å². The van der Waals surface area contributed by atoms with Crippen molar-refractivity contribution in [3.63, 3.8) is 0 Å². The summed E-state index contributed by atoms with van der Waals surface area (Å²) in [6.07, 6.45) is 0. The van der Waals surface area contributed by atoms with Crippen LogP contribution in [0.4, 0.5) is 15.8 Å². The Morgan fingerprint density at radius 1 is 1.00 bits per heavy atom. The molecule has 3 aromatic carbocycles. The number of carbonyl (C=O) groups excluding carboxylic acids is 1. The van der Waals surface area contributed by atoms with Crippen molar-refractivity contribution in [1.29, 1.82) is 0 Å². The normalized spacial score (nSPS) is 11.0. The Morgan fingerprint density at radius 3 is 2.38 bits per heavy atom. The quantitative estimate of drug-likeness (QED) is 0.633. The standard InChI is InChI=1S/C21H19FN2O4S/c1-14-12-16(22)6-11-20(14)23-21(25)15-4-3-5-19(13-15)29(26,27)24-17-7-9-18(28-2)10-8-17/h3-13,24H,1-2H3,(H,23,25). The summed E-state index contributed by atoms with van der Waals surface area (Å²) in [6.45, 7) is 1.67. The fraction of sp³-hybridized carbons (Fsp3) is 0.0952. The van der Waals surface area contributed by atoms with E-state index in [1.165, 1.54) is 49.6 Å².